The minimum absolute atomic E-state index is 0.0891. The molecule has 116 valence electrons. The lowest BCUT2D eigenvalue weighted by molar-refractivity contribution is -0.137. The first kappa shape index (κ1) is 17.0. The van der Waals surface area contributed by atoms with Gasteiger partial charge in [-0.3, -0.25) is 4.90 Å². The Morgan fingerprint density at radius 3 is 2.45 bits per heavy atom. The van der Waals surface area contributed by atoms with Gasteiger partial charge >= 0.3 is 6.18 Å². The third-order valence-electron chi connectivity index (χ3n) is 3.69. The Morgan fingerprint density at radius 1 is 1.30 bits per heavy atom. The Kier molecular flexibility index (Phi) is 6.07. The van der Waals surface area contributed by atoms with Crippen LogP contribution in [0.15, 0.2) is 22.8 Å². The summed E-state index contributed by atoms with van der Waals surface area (Å²) in [5, 5.41) is 0. The maximum atomic E-state index is 12.3. The lowest BCUT2D eigenvalue weighted by Crippen LogP contribution is -2.51. The van der Waals surface area contributed by atoms with E-state index in [1.165, 1.54) is 0 Å². The van der Waals surface area contributed by atoms with E-state index in [4.69, 9.17) is 10.2 Å². The number of nitrogens with zero attached hydrogens (tertiary/aromatic N) is 1. The average Bonchev–Trinajstić information content (AvgIpc) is 2.87. The molecule has 20 heavy (non-hydrogen) atoms. The summed E-state index contributed by atoms with van der Waals surface area (Å²) in [6, 6.07) is 3.65. The standard InChI is InChI=1S/C14H23F3N2O/c1-3-19(10-12-6-4-9-20-12)13(2,11-18)7-5-8-14(15,16)17/h4,6,9H,3,5,7-8,10-11,18H2,1-2H3. The highest BCUT2D eigenvalue weighted by Crippen LogP contribution is 2.28. The number of halogens is 3. The van der Waals surface area contributed by atoms with Crippen molar-refractivity contribution in [1.82, 2.24) is 4.90 Å². The van der Waals surface area contributed by atoms with E-state index in [0.717, 1.165) is 5.76 Å². The largest absolute Gasteiger partial charge is 0.468 e. The van der Waals surface area contributed by atoms with E-state index in [2.05, 4.69) is 4.90 Å². The summed E-state index contributed by atoms with van der Waals surface area (Å²) in [6.07, 6.45) is -2.77. The van der Waals surface area contributed by atoms with Crippen LogP contribution < -0.4 is 5.73 Å². The minimum Gasteiger partial charge on any atom is -0.468 e. The first-order valence-corrected chi connectivity index (χ1v) is 6.85. The quantitative estimate of drug-likeness (QED) is 0.796. The Hall–Kier alpha value is -1.01. The lowest BCUT2D eigenvalue weighted by Gasteiger charge is -2.40. The van der Waals surface area contributed by atoms with Crippen molar-refractivity contribution in [3.8, 4) is 0 Å². The molecule has 0 spiro atoms. The first-order valence-electron chi connectivity index (χ1n) is 6.85. The number of furan rings is 1. The Labute approximate surface area is 117 Å². The molecular formula is C14H23F3N2O. The van der Waals surface area contributed by atoms with E-state index in [0.29, 0.717) is 26.1 Å². The van der Waals surface area contributed by atoms with Gasteiger partial charge in [0.15, 0.2) is 0 Å². The second kappa shape index (κ2) is 7.13. The number of nitrogens with two attached hydrogens (primary N) is 1. The van der Waals surface area contributed by atoms with Crippen molar-refractivity contribution in [3.05, 3.63) is 24.2 Å². The van der Waals surface area contributed by atoms with Gasteiger partial charge in [0.1, 0.15) is 5.76 Å². The Bertz CT molecular complexity index is 378. The molecule has 3 nitrogen and oxygen atoms in total. The predicted octanol–water partition coefficient (Wildman–Crippen LogP) is 3.55. The second-order valence-electron chi connectivity index (χ2n) is 5.26. The normalized spacial score (nSPS) is 15.6. The van der Waals surface area contributed by atoms with Crippen LogP contribution in [0.25, 0.3) is 0 Å². The Morgan fingerprint density at radius 2 is 2.00 bits per heavy atom. The molecule has 0 aliphatic carbocycles. The van der Waals surface area contributed by atoms with Crippen LogP contribution in [0.4, 0.5) is 13.2 Å². The van der Waals surface area contributed by atoms with Gasteiger partial charge in [0.25, 0.3) is 0 Å². The van der Waals surface area contributed by atoms with Gasteiger partial charge in [-0.2, -0.15) is 13.2 Å². The molecule has 6 heteroatoms. The van der Waals surface area contributed by atoms with Gasteiger partial charge in [0.05, 0.1) is 12.8 Å². The predicted molar refractivity (Wildman–Crippen MR) is 72.2 cm³/mol. The molecule has 0 aliphatic heterocycles. The second-order valence-corrected chi connectivity index (χ2v) is 5.26. The number of hydrogen-bond donors (Lipinski definition) is 1. The van der Waals surface area contributed by atoms with Crippen LogP contribution >= 0.6 is 0 Å². The summed E-state index contributed by atoms with van der Waals surface area (Å²) in [4.78, 5) is 2.07. The van der Waals surface area contributed by atoms with Gasteiger partial charge < -0.3 is 10.2 Å². The van der Waals surface area contributed by atoms with E-state index in [-0.39, 0.29) is 6.42 Å². The molecule has 0 amide bonds. The van der Waals surface area contributed by atoms with Crippen LogP contribution in [0.3, 0.4) is 0 Å². The van der Waals surface area contributed by atoms with Crippen LogP contribution in [0.5, 0.6) is 0 Å². The van der Waals surface area contributed by atoms with Gasteiger partial charge in [-0.25, -0.2) is 0 Å². The molecule has 1 heterocycles. The maximum Gasteiger partial charge on any atom is 0.389 e. The van der Waals surface area contributed by atoms with Gasteiger partial charge in [0.2, 0.25) is 0 Å². The molecule has 2 N–H and O–H groups in total. The van der Waals surface area contributed by atoms with Gasteiger partial charge in [-0.15, -0.1) is 0 Å². The highest BCUT2D eigenvalue weighted by molar-refractivity contribution is 5.00. The zero-order valence-corrected chi connectivity index (χ0v) is 12.0. The van der Waals surface area contributed by atoms with E-state index >= 15 is 0 Å². The number of rotatable bonds is 8. The van der Waals surface area contributed by atoms with Crippen LogP contribution in [-0.2, 0) is 6.54 Å². The SMILES string of the molecule is CCN(Cc1ccco1)C(C)(CN)CCCC(F)(F)F. The summed E-state index contributed by atoms with van der Waals surface area (Å²) in [7, 11) is 0. The molecule has 1 atom stereocenters. The van der Waals surface area contributed by atoms with Crippen molar-refractivity contribution in [2.75, 3.05) is 13.1 Å². The third kappa shape index (κ3) is 5.17. The maximum absolute atomic E-state index is 12.3. The van der Waals surface area contributed by atoms with Gasteiger partial charge in [0, 0.05) is 18.5 Å². The molecule has 0 saturated carbocycles. The summed E-state index contributed by atoms with van der Waals surface area (Å²) < 4.78 is 42.1. The molecule has 1 aromatic heterocycles. The smallest absolute Gasteiger partial charge is 0.389 e. The summed E-state index contributed by atoms with van der Waals surface area (Å²) in [5.41, 5.74) is 5.36. The van der Waals surface area contributed by atoms with Crippen molar-refractivity contribution in [3.63, 3.8) is 0 Å². The molecule has 0 saturated heterocycles. The van der Waals surface area contributed by atoms with Crippen molar-refractivity contribution in [2.45, 2.75) is 51.4 Å². The lowest BCUT2D eigenvalue weighted by atomic mass is 9.92. The highest BCUT2D eigenvalue weighted by atomic mass is 19.4. The topological polar surface area (TPSA) is 42.4 Å². The fourth-order valence-corrected chi connectivity index (χ4v) is 2.33. The summed E-state index contributed by atoms with van der Waals surface area (Å²) in [6.45, 7) is 5.47. The molecular weight excluding hydrogens is 269 g/mol. The van der Waals surface area contributed by atoms with Gasteiger partial charge in [-0.1, -0.05) is 6.92 Å². The molecule has 0 aliphatic rings. The zero-order valence-electron chi connectivity index (χ0n) is 12.0. The zero-order chi connectivity index (χ0) is 15.2. The van der Waals surface area contributed by atoms with Crippen molar-refractivity contribution >= 4 is 0 Å². The summed E-state index contributed by atoms with van der Waals surface area (Å²) in [5.74, 6) is 0.794. The molecule has 0 fully saturated rings. The van der Waals surface area contributed by atoms with Crippen LogP contribution in [-0.4, -0.2) is 29.7 Å². The van der Waals surface area contributed by atoms with E-state index in [1.807, 2.05) is 19.9 Å². The molecule has 1 unspecified atom stereocenters. The monoisotopic (exact) mass is 292 g/mol. The third-order valence-corrected chi connectivity index (χ3v) is 3.69. The highest BCUT2D eigenvalue weighted by Gasteiger charge is 2.33. The summed E-state index contributed by atoms with van der Waals surface area (Å²) >= 11 is 0. The van der Waals surface area contributed by atoms with E-state index in [1.54, 1.807) is 12.3 Å². The fourth-order valence-electron chi connectivity index (χ4n) is 2.33. The molecule has 1 aromatic rings. The van der Waals surface area contributed by atoms with Crippen LogP contribution in [0, 0.1) is 0 Å². The average molecular weight is 292 g/mol. The molecule has 0 aromatic carbocycles. The van der Waals surface area contributed by atoms with Crippen molar-refractivity contribution in [2.24, 2.45) is 5.73 Å². The van der Waals surface area contributed by atoms with Crippen molar-refractivity contribution in [1.29, 1.82) is 0 Å². The molecule has 0 bridgehead atoms. The fraction of sp³-hybridized carbons (Fsp3) is 0.714. The Balaban J connectivity index is 2.63. The van der Waals surface area contributed by atoms with Crippen LogP contribution in [0.2, 0.25) is 0 Å². The van der Waals surface area contributed by atoms with E-state index in [9.17, 15) is 13.2 Å². The van der Waals surface area contributed by atoms with E-state index < -0.39 is 18.1 Å². The number of alkyl halides is 3. The number of hydrogen-bond acceptors (Lipinski definition) is 3. The van der Waals surface area contributed by atoms with Gasteiger partial charge in [-0.05, 0) is 38.4 Å². The van der Waals surface area contributed by atoms with Crippen LogP contribution in [0.1, 0.15) is 38.9 Å². The van der Waals surface area contributed by atoms with Crippen molar-refractivity contribution < 1.29 is 17.6 Å². The first-order chi connectivity index (χ1) is 9.30. The minimum atomic E-state index is -4.10. The molecule has 1 rings (SSSR count). The molecule has 0 radical (unpaired) electrons. The number of likely N-dealkylation sites (N-methyl/N-ethyl adjacent to an activating group) is 1.